The maximum Gasteiger partial charge on any atom is 0.319 e. The topological polar surface area (TPSA) is 78.4 Å². The van der Waals surface area contributed by atoms with Gasteiger partial charge in [-0.2, -0.15) is 0 Å². The van der Waals surface area contributed by atoms with E-state index in [0.29, 0.717) is 18.5 Å². The molecule has 0 fully saturated rings. The van der Waals surface area contributed by atoms with E-state index in [-0.39, 0.29) is 6.54 Å². The lowest BCUT2D eigenvalue weighted by atomic mass is 9.82. The zero-order valence-corrected chi connectivity index (χ0v) is 15.0. The first-order valence-corrected chi connectivity index (χ1v) is 8.16. The molecule has 1 aromatic carbocycles. The summed E-state index contributed by atoms with van der Waals surface area (Å²) in [6.07, 6.45) is 0.916. The molecule has 1 aromatic rings. The molecule has 2 amide bonds. The van der Waals surface area contributed by atoms with Crippen molar-refractivity contribution in [2.45, 2.75) is 26.7 Å². The van der Waals surface area contributed by atoms with Crippen molar-refractivity contribution < 1.29 is 14.7 Å². The maximum atomic E-state index is 11.9. The van der Waals surface area contributed by atoms with Gasteiger partial charge in [-0.3, -0.25) is 4.79 Å². The molecule has 0 aliphatic heterocycles. The van der Waals surface area contributed by atoms with Crippen LogP contribution in [0.4, 0.5) is 10.5 Å². The first kappa shape index (κ1) is 18.0. The van der Waals surface area contributed by atoms with Gasteiger partial charge >= 0.3 is 12.0 Å². The number of rotatable bonds is 6. The standard InChI is InChI=1S/C14H18Br2N2O3/c1-3-14(4-2,12(19)20)8-17-13(21)18-11-7-9(15)5-6-10(11)16/h5-7H,3-4,8H2,1-2H3,(H,19,20)(H2,17,18,21). The van der Waals surface area contributed by atoms with Gasteiger partial charge in [0.25, 0.3) is 0 Å². The zero-order chi connectivity index (χ0) is 16.0. The molecule has 0 saturated heterocycles. The van der Waals surface area contributed by atoms with Crippen molar-refractivity contribution in [3.05, 3.63) is 27.1 Å². The molecule has 0 atom stereocenters. The zero-order valence-electron chi connectivity index (χ0n) is 11.9. The summed E-state index contributed by atoms with van der Waals surface area (Å²) < 4.78 is 1.58. The third-order valence-electron chi connectivity index (χ3n) is 3.57. The summed E-state index contributed by atoms with van der Waals surface area (Å²) in [6, 6.07) is 4.98. The van der Waals surface area contributed by atoms with E-state index in [2.05, 4.69) is 42.5 Å². The van der Waals surface area contributed by atoms with Gasteiger partial charge in [-0.05, 0) is 47.0 Å². The predicted octanol–water partition coefficient (Wildman–Crippen LogP) is 4.22. The molecular weight excluding hydrogens is 404 g/mol. The number of carbonyl (C=O) groups is 2. The van der Waals surface area contributed by atoms with E-state index in [0.717, 1.165) is 8.95 Å². The van der Waals surface area contributed by atoms with Crippen LogP contribution in [0.2, 0.25) is 0 Å². The average molecular weight is 422 g/mol. The first-order chi connectivity index (χ1) is 9.84. The Morgan fingerprint density at radius 3 is 2.38 bits per heavy atom. The third kappa shape index (κ3) is 4.71. The Labute approximate surface area is 140 Å². The Balaban J connectivity index is 2.70. The van der Waals surface area contributed by atoms with Gasteiger partial charge in [0.2, 0.25) is 0 Å². The summed E-state index contributed by atoms with van der Waals surface area (Å²) in [5, 5.41) is 14.6. The number of carboxylic acid groups (broad SMARTS) is 1. The fraction of sp³-hybridized carbons (Fsp3) is 0.429. The molecule has 0 heterocycles. The molecule has 0 aliphatic carbocycles. The molecule has 0 spiro atoms. The highest BCUT2D eigenvalue weighted by molar-refractivity contribution is 9.11. The average Bonchev–Trinajstić information content (AvgIpc) is 2.44. The van der Waals surface area contributed by atoms with Gasteiger partial charge in [-0.15, -0.1) is 0 Å². The van der Waals surface area contributed by atoms with Crippen LogP contribution in [-0.2, 0) is 4.79 Å². The van der Waals surface area contributed by atoms with Crippen LogP contribution < -0.4 is 10.6 Å². The van der Waals surface area contributed by atoms with E-state index in [1.165, 1.54) is 0 Å². The lowest BCUT2D eigenvalue weighted by Crippen LogP contribution is -2.43. The number of hydrogen-bond donors (Lipinski definition) is 3. The second kappa shape index (κ2) is 7.79. The second-order valence-corrected chi connectivity index (χ2v) is 6.49. The van der Waals surface area contributed by atoms with Gasteiger partial charge in [0, 0.05) is 15.5 Å². The summed E-state index contributed by atoms with van der Waals surface area (Å²) >= 11 is 6.67. The minimum atomic E-state index is -0.925. The highest BCUT2D eigenvalue weighted by Crippen LogP contribution is 2.27. The molecule has 0 saturated carbocycles. The quantitative estimate of drug-likeness (QED) is 0.643. The van der Waals surface area contributed by atoms with Crippen molar-refractivity contribution in [3.8, 4) is 0 Å². The summed E-state index contributed by atoms with van der Waals surface area (Å²) in [5.74, 6) is -0.892. The van der Waals surface area contributed by atoms with E-state index in [9.17, 15) is 14.7 Å². The predicted molar refractivity (Wildman–Crippen MR) is 89.5 cm³/mol. The number of amides is 2. The highest BCUT2D eigenvalue weighted by Gasteiger charge is 2.35. The number of aliphatic carboxylic acids is 1. The largest absolute Gasteiger partial charge is 0.481 e. The molecule has 1 rings (SSSR count). The van der Waals surface area contributed by atoms with E-state index < -0.39 is 17.4 Å². The fourth-order valence-electron chi connectivity index (χ4n) is 1.89. The number of carbonyl (C=O) groups excluding carboxylic acids is 1. The normalized spacial score (nSPS) is 11.0. The van der Waals surface area contributed by atoms with E-state index in [1.807, 2.05) is 19.9 Å². The van der Waals surface area contributed by atoms with Crippen molar-refractivity contribution in [2.24, 2.45) is 5.41 Å². The molecule has 3 N–H and O–H groups in total. The lowest BCUT2D eigenvalue weighted by molar-refractivity contribution is -0.149. The minimum Gasteiger partial charge on any atom is -0.481 e. The summed E-state index contributed by atoms with van der Waals surface area (Å²) in [4.78, 5) is 23.3. The molecule has 0 aromatic heterocycles. The number of hydrogen-bond acceptors (Lipinski definition) is 2. The second-order valence-electron chi connectivity index (χ2n) is 4.72. The number of benzene rings is 1. The minimum absolute atomic E-state index is 0.0901. The van der Waals surface area contributed by atoms with Crippen LogP contribution in [0, 0.1) is 5.41 Å². The highest BCUT2D eigenvalue weighted by atomic mass is 79.9. The molecule has 0 bridgehead atoms. The molecular formula is C14H18Br2N2O3. The number of anilines is 1. The number of urea groups is 1. The van der Waals surface area contributed by atoms with Crippen molar-refractivity contribution in [1.29, 1.82) is 0 Å². The van der Waals surface area contributed by atoms with E-state index >= 15 is 0 Å². The van der Waals surface area contributed by atoms with Gasteiger partial charge < -0.3 is 15.7 Å². The van der Waals surface area contributed by atoms with Crippen LogP contribution >= 0.6 is 31.9 Å². The maximum absolute atomic E-state index is 11.9. The van der Waals surface area contributed by atoms with Crippen LogP contribution in [0.5, 0.6) is 0 Å². The molecule has 0 radical (unpaired) electrons. The molecule has 21 heavy (non-hydrogen) atoms. The van der Waals surface area contributed by atoms with E-state index in [4.69, 9.17) is 0 Å². The van der Waals surface area contributed by atoms with Crippen molar-refractivity contribution in [2.75, 3.05) is 11.9 Å². The van der Waals surface area contributed by atoms with Crippen LogP contribution in [0.3, 0.4) is 0 Å². The van der Waals surface area contributed by atoms with Crippen LogP contribution in [0.15, 0.2) is 27.1 Å². The Bertz CT molecular complexity index is 531. The Kier molecular flexibility index (Phi) is 6.67. The smallest absolute Gasteiger partial charge is 0.319 e. The number of carboxylic acids is 1. The molecule has 0 aliphatic rings. The Morgan fingerprint density at radius 1 is 1.24 bits per heavy atom. The molecule has 7 heteroatoms. The van der Waals surface area contributed by atoms with Gasteiger partial charge in [0.05, 0.1) is 11.1 Å². The van der Waals surface area contributed by atoms with Gasteiger partial charge in [0.1, 0.15) is 0 Å². The summed E-state index contributed by atoms with van der Waals surface area (Å²) in [7, 11) is 0. The van der Waals surface area contributed by atoms with Crippen molar-refractivity contribution in [1.82, 2.24) is 5.32 Å². The monoisotopic (exact) mass is 420 g/mol. The summed E-state index contributed by atoms with van der Waals surface area (Å²) in [5.41, 5.74) is -0.318. The Morgan fingerprint density at radius 2 is 1.86 bits per heavy atom. The van der Waals surface area contributed by atoms with Crippen LogP contribution in [0.25, 0.3) is 0 Å². The molecule has 116 valence electrons. The third-order valence-corrected chi connectivity index (χ3v) is 4.76. The SMILES string of the molecule is CCC(CC)(CNC(=O)Nc1cc(Br)ccc1Br)C(=O)O. The lowest BCUT2D eigenvalue weighted by Gasteiger charge is -2.26. The summed E-state index contributed by atoms with van der Waals surface area (Å²) in [6.45, 7) is 3.71. The van der Waals surface area contributed by atoms with Gasteiger partial charge in [-0.1, -0.05) is 29.8 Å². The first-order valence-electron chi connectivity index (χ1n) is 6.58. The van der Waals surface area contributed by atoms with E-state index in [1.54, 1.807) is 12.1 Å². The van der Waals surface area contributed by atoms with Gasteiger partial charge in [-0.25, -0.2) is 4.79 Å². The van der Waals surface area contributed by atoms with Crippen molar-refractivity contribution >= 4 is 49.5 Å². The fourth-order valence-corrected chi connectivity index (χ4v) is 2.59. The number of nitrogens with one attached hydrogen (secondary N) is 2. The van der Waals surface area contributed by atoms with Crippen LogP contribution in [0.1, 0.15) is 26.7 Å². The van der Waals surface area contributed by atoms with Gasteiger partial charge in [0.15, 0.2) is 0 Å². The van der Waals surface area contributed by atoms with Crippen LogP contribution in [-0.4, -0.2) is 23.7 Å². The Hall–Kier alpha value is -1.08. The molecule has 0 unspecified atom stereocenters. The van der Waals surface area contributed by atoms with Crippen molar-refractivity contribution in [3.63, 3.8) is 0 Å². The number of halogens is 2. The molecule has 5 nitrogen and oxygen atoms in total.